The average Bonchev–Trinajstić information content (AvgIpc) is 2.91. The molecule has 128 valence electrons. The summed E-state index contributed by atoms with van der Waals surface area (Å²) in [5.41, 5.74) is 1.23. The summed E-state index contributed by atoms with van der Waals surface area (Å²) >= 11 is 7.44. The van der Waals surface area contributed by atoms with Gasteiger partial charge < -0.3 is 4.57 Å². The Balaban J connectivity index is 2.06. The third kappa shape index (κ3) is 3.62. The number of carbonyl (C=O) groups excluding carboxylic acids is 1. The molecule has 3 rings (SSSR count). The van der Waals surface area contributed by atoms with Gasteiger partial charge in [0.2, 0.25) is 0 Å². The van der Waals surface area contributed by atoms with Gasteiger partial charge in [-0.15, -0.1) is 0 Å². The molecular weight excluding hydrogens is 362 g/mol. The first kappa shape index (κ1) is 17.3. The van der Waals surface area contributed by atoms with Crippen molar-refractivity contribution >= 4 is 44.7 Å². The van der Waals surface area contributed by atoms with Crippen molar-refractivity contribution in [2.75, 3.05) is 0 Å². The molecule has 0 unspecified atom stereocenters. The number of nitro benzene ring substituents is 1. The van der Waals surface area contributed by atoms with Crippen LogP contribution in [0.25, 0.3) is 10.2 Å². The summed E-state index contributed by atoms with van der Waals surface area (Å²) in [7, 11) is 0. The van der Waals surface area contributed by atoms with Crippen molar-refractivity contribution in [3.05, 3.63) is 68.0 Å². The Morgan fingerprint density at radius 3 is 2.64 bits per heavy atom. The number of amides is 1. The summed E-state index contributed by atoms with van der Waals surface area (Å²) in [5, 5.41) is 11.3. The van der Waals surface area contributed by atoms with Gasteiger partial charge in [-0.05, 0) is 36.8 Å². The van der Waals surface area contributed by atoms with Crippen LogP contribution < -0.4 is 4.80 Å². The second kappa shape index (κ2) is 7.16. The van der Waals surface area contributed by atoms with Crippen LogP contribution in [0.4, 0.5) is 5.69 Å². The van der Waals surface area contributed by atoms with Gasteiger partial charge >= 0.3 is 0 Å². The van der Waals surface area contributed by atoms with Crippen molar-refractivity contribution in [3.8, 4) is 0 Å². The van der Waals surface area contributed by atoms with Crippen molar-refractivity contribution < 1.29 is 9.72 Å². The molecule has 0 aliphatic carbocycles. The Kier molecular flexibility index (Phi) is 4.96. The number of hydrogen-bond donors (Lipinski definition) is 0. The van der Waals surface area contributed by atoms with Crippen LogP contribution in [-0.2, 0) is 6.54 Å². The zero-order valence-electron chi connectivity index (χ0n) is 13.3. The minimum atomic E-state index is -0.504. The maximum absolute atomic E-state index is 12.4. The number of halogens is 1. The van der Waals surface area contributed by atoms with Gasteiger partial charge in [-0.2, -0.15) is 4.99 Å². The van der Waals surface area contributed by atoms with Crippen molar-refractivity contribution in [1.82, 2.24) is 4.57 Å². The van der Waals surface area contributed by atoms with Crippen molar-refractivity contribution in [2.24, 2.45) is 4.99 Å². The van der Waals surface area contributed by atoms with Gasteiger partial charge in [-0.25, -0.2) is 0 Å². The highest BCUT2D eigenvalue weighted by molar-refractivity contribution is 7.16. The first-order chi connectivity index (χ1) is 12.0. The number of carbonyl (C=O) groups is 1. The monoisotopic (exact) mass is 375 g/mol. The normalized spacial score (nSPS) is 11.8. The smallest absolute Gasteiger partial charge is 0.279 e. The number of nitro groups is 1. The molecule has 1 heterocycles. The molecule has 2 aromatic carbocycles. The van der Waals surface area contributed by atoms with Crippen LogP contribution in [0.5, 0.6) is 0 Å². The summed E-state index contributed by atoms with van der Waals surface area (Å²) in [6.07, 6.45) is 0.896. The number of thiazole rings is 1. The highest BCUT2D eigenvalue weighted by Crippen LogP contribution is 2.22. The fourth-order valence-corrected chi connectivity index (χ4v) is 3.78. The number of benzene rings is 2. The molecule has 1 aromatic heterocycles. The first-order valence-electron chi connectivity index (χ1n) is 7.62. The van der Waals surface area contributed by atoms with Crippen LogP contribution in [0.1, 0.15) is 23.7 Å². The topological polar surface area (TPSA) is 77.5 Å². The number of hydrogen-bond acceptors (Lipinski definition) is 4. The molecule has 6 nitrogen and oxygen atoms in total. The molecule has 8 heteroatoms. The van der Waals surface area contributed by atoms with E-state index in [0.717, 1.165) is 23.2 Å². The second-order valence-electron chi connectivity index (χ2n) is 5.37. The van der Waals surface area contributed by atoms with Crippen molar-refractivity contribution in [3.63, 3.8) is 0 Å². The van der Waals surface area contributed by atoms with E-state index >= 15 is 0 Å². The third-order valence-corrected chi connectivity index (χ3v) is 4.89. The van der Waals surface area contributed by atoms with Crippen LogP contribution in [0, 0.1) is 10.1 Å². The van der Waals surface area contributed by atoms with Crippen molar-refractivity contribution in [2.45, 2.75) is 19.9 Å². The van der Waals surface area contributed by atoms with Crippen LogP contribution in [0.2, 0.25) is 5.02 Å². The third-order valence-electron chi connectivity index (χ3n) is 3.61. The van der Waals surface area contributed by atoms with Gasteiger partial charge in [-0.1, -0.05) is 29.9 Å². The zero-order chi connectivity index (χ0) is 18.0. The van der Waals surface area contributed by atoms with E-state index in [2.05, 4.69) is 4.99 Å². The number of rotatable bonds is 4. The lowest BCUT2D eigenvalue weighted by atomic mass is 10.2. The van der Waals surface area contributed by atoms with E-state index in [-0.39, 0.29) is 5.69 Å². The number of aryl methyl sites for hydroxylation is 1. The van der Waals surface area contributed by atoms with Gasteiger partial charge in [0, 0.05) is 29.3 Å². The SMILES string of the molecule is CCCn1c(=NC(=O)c2ccc([N+](=O)[O-])cc2)sc2cc(Cl)ccc21. The molecule has 0 atom stereocenters. The molecular formula is C17H14ClN3O3S. The lowest BCUT2D eigenvalue weighted by molar-refractivity contribution is -0.384. The van der Waals surface area contributed by atoms with Crippen molar-refractivity contribution in [1.29, 1.82) is 0 Å². The van der Waals surface area contributed by atoms with Crippen LogP contribution in [-0.4, -0.2) is 15.4 Å². The van der Waals surface area contributed by atoms with E-state index in [1.54, 1.807) is 0 Å². The molecule has 0 radical (unpaired) electrons. The largest absolute Gasteiger partial charge is 0.316 e. The molecule has 25 heavy (non-hydrogen) atoms. The Hall–Kier alpha value is -2.51. The summed E-state index contributed by atoms with van der Waals surface area (Å²) in [5.74, 6) is -0.433. The Morgan fingerprint density at radius 1 is 1.28 bits per heavy atom. The Bertz CT molecular complexity index is 1020. The predicted octanol–water partition coefficient (Wildman–Crippen LogP) is 4.42. The lowest BCUT2D eigenvalue weighted by Crippen LogP contribution is -2.16. The van der Waals surface area contributed by atoms with Gasteiger partial charge in [-0.3, -0.25) is 14.9 Å². The molecule has 0 saturated heterocycles. The standard InChI is InChI=1S/C17H14ClN3O3S/c1-2-9-20-14-8-5-12(18)10-15(14)25-17(20)19-16(22)11-3-6-13(7-4-11)21(23)24/h3-8,10H,2,9H2,1H3. The highest BCUT2D eigenvalue weighted by Gasteiger charge is 2.11. The zero-order valence-corrected chi connectivity index (χ0v) is 14.9. The average molecular weight is 376 g/mol. The molecule has 0 bridgehead atoms. The van der Waals surface area contributed by atoms with Crippen LogP contribution >= 0.6 is 22.9 Å². The number of nitrogens with zero attached hydrogens (tertiary/aromatic N) is 3. The van der Waals surface area contributed by atoms with E-state index in [1.165, 1.54) is 35.6 Å². The molecule has 0 aliphatic rings. The van der Waals surface area contributed by atoms with E-state index < -0.39 is 10.8 Å². The summed E-state index contributed by atoms with van der Waals surface area (Å²) in [4.78, 5) is 27.4. The molecule has 0 fully saturated rings. The van der Waals surface area contributed by atoms with E-state index in [1.807, 2.05) is 29.7 Å². The van der Waals surface area contributed by atoms with Crippen LogP contribution in [0.15, 0.2) is 47.5 Å². The van der Waals surface area contributed by atoms with E-state index in [9.17, 15) is 14.9 Å². The molecule has 3 aromatic rings. The van der Waals surface area contributed by atoms with Crippen LogP contribution in [0.3, 0.4) is 0 Å². The van der Waals surface area contributed by atoms with Gasteiger partial charge in [0.1, 0.15) is 0 Å². The maximum atomic E-state index is 12.4. The second-order valence-corrected chi connectivity index (χ2v) is 6.81. The summed E-state index contributed by atoms with van der Waals surface area (Å²) in [6.45, 7) is 2.78. The van der Waals surface area contributed by atoms with E-state index in [4.69, 9.17) is 11.6 Å². The summed E-state index contributed by atoms with van der Waals surface area (Å²) in [6, 6.07) is 11.0. The molecule has 0 spiro atoms. The number of fused-ring (bicyclic) bond motifs is 1. The summed E-state index contributed by atoms with van der Waals surface area (Å²) < 4.78 is 2.94. The van der Waals surface area contributed by atoms with Gasteiger partial charge in [0.25, 0.3) is 11.6 Å². The number of aromatic nitrogens is 1. The molecule has 0 saturated carbocycles. The number of non-ortho nitro benzene ring substituents is 1. The van der Waals surface area contributed by atoms with Gasteiger partial charge in [0.05, 0.1) is 15.1 Å². The predicted molar refractivity (Wildman–Crippen MR) is 98.1 cm³/mol. The Labute approximate surface area is 152 Å². The van der Waals surface area contributed by atoms with Gasteiger partial charge in [0.15, 0.2) is 4.80 Å². The maximum Gasteiger partial charge on any atom is 0.279 e. The Morgan fingerprint density at radius 2 is 2.00 bits per heavy atom. The quantitative estimate of drug-likeness (QED) is 0.500. The fourth-order valence-electron chi connectivity index (χ4n) is 2.45. The highest BCUT2D eigenvalue weighted by atomic mass is 35.5. The lowest BCUT2D eigenvalue weighted by Gasteiger charge is -2.02. The molecule has 0 aliphatic heterocycles. The molecule has 0 N–H and O–H groups in total. The minimum absolute atomic E-state index is 0.0610. The molecule has 1 amide bonds. The first-order valence-corrected chi connectivity index (χ1v) is 8.81. The van der Waals surface area contributed by atoms with E-state index in [0.29, 0.717) is 15.4 Å². The minimum Gasteiger partial charge on any atom is -0.316 e. The fraction of sp³-hybridized carbons (Fsp3) is 0.176.